The minimum absolute atomic E-state index is 0.0937. The number of hydrogen-bond acceptors (Lipinski definition) is 5. The van der Waals surface area contributed by atoms with Crippen LogP contribution < -0.4 is 11.1 Å². The molecule has 2 heterocycles. The SMILES string of the molecule is NC(=O)OC1CCCCCC=CC2C(=O)C2NC(=O)C2CCCN2C1. The van der Waals surface area contributed by atoms with Gasteiger partial charge in [0.25, 0.3) is 0 Å². The highest BCUT2D eigenvalue weighted by atomic mass is 16.6. The average Bonchev–Trinajstić information content (AvgIpc) is 2.95. The lowest BCUT2D eigenvalue weighted by atomic mass is 10.1. The zero-order chi connectivity index (χ0) is 17.8. The van der Waals surface area contributed by atoms with Gasteiger partial charge in [0.05, 0.1) is 12.0 Å². The van der Waals surface area contributed by atoms with Crippen molar-refractivity contribution in [3.63, 3.8) is 0 Å². The van der Waals surface area contributed by atoms with E-state index in [1.807, 2.05) is 12.2 Å². The Balaban J connectivity index is 1.69. The van der Waals surface area contributed by atoms with Crippen LogP contribution >= 0.6 is 0 Å². The first kappa shape index (κ1) is 17.9. The minimum Gasteiger partial charge on any atom is -0.445 e. The Hall–Kier alpha value is -1.89. The molecule has 4 unspecified atom stereocenters. The summed E-state index contributed by atoms with van der Waals surface area (Å²) < 4.78 is 5.26. The molecule has 0 aromatic carbocycles. The Kier molecular flexibility index (Phi) is 5.73. The fourth-order valence-electron chi connectivity index (χ4n) is 3.88. The molecular formula is C18H27N3O4. The number of nitrogens with zero attached hydrogens (tertiary/aromatic N) is 1. The van der Waals surface area contributed by atoms with Crippen molar-refractivity contribution >= 4 is 17.8 Å². The number of fused-ring (bicyclic) bond motifs is 2. The second-order valence-corrected chi connectivity index (χ2v) is 7.19. The molecule has 1 aliphatic carbocycles. The van der Waals surface area contributed by atoms with Crippen molar-refractivity contribution < 1.29 is 19.1 Å². The van der Waals surface area contributed by atoms with Gasteiger partial charge in [-0.25, -0.2) is 4.79 Å². The monoisotopic (exact) mass is 349 g/mol. The van der Waals surface area contributed by atoms with E-state index in [-0.39, 0.29) is 35.8 Å². The topological polar surface area (TPSA) is 102 Å². The molecule has 3 rings (SSSR count). The lowest BCUT2D eigenvalue weighted by Crippen LogP contribution is -2.47. The van der Waals surface area contributed by atoms with Crippen molar-refractivity contribution in [1.82, 2.24) is 10.2 Å². The number of primary amides is 1. The fourth-order valence-corrected chi connectivity index (χ4v) is 3.88. The molecule has 25 heavy (non-hydrogen) atoms. The van der Waals surface area contributed by atoms with E-state index in [1.54, 1.807) is 0 Å². The normalized spacial score (nSPS) is 34.2. The van der Waals surface area contributed by atoms with Gasteiger partial charge >= 0.3 is 6.09 Å². The lowest BCUT2D eigenvalue weighted by molar-refractivity contribution is -0.127. The number of carbonyl (C=O) groups is 3. The molecule has 3 aliphatic rings. The van der Waals surface area contributed by atoms with Crippen molar-refractivity contribution in [3.05, 3.63) is 12.2 Å². The van der Waals surface area contributed by atoms with Crippen LogP contribution in [0.4, 0.5) is 4.79 Å². The van der Waals surface area contributed by atoms with Gasteiger partial charge in [0, 0.05) is 6.54 Å². The third-order valence-corrected chi connectivity index (χ3v) is 5.31. The van der Waals surface area contributed by atoms with Gasteiger partial charge in [0.1, 0.15) is 12.1 Å². The van der Waals surface area contributed by atoms with Gasteiger partial charge in [-0.2, -0.15) is 0 Å². The van der Waals surface area contributed by atoms with Crippen LogP contribution in [-0.4, -0.2) is 54.0 Å². The van der Waals surface area contributed by atoms with Gasteiger partial charge in [-0.05, 0) is 45.1 Å². The molecule has 1 saturated heterocycles. The summed E-state index contributed by atoms with van der Waals surface area (Å²) in [6.45, 7) is 1.31. The standard InChI is InChI=1S/C18H27N3O4/c19-18(24)25-12-7-4-2-1-3-5-8-13-15(16(13)22)20-17(23)14-9-6-10-21(14)11-12/h5,8,12-15H,1-4,6-7,9-11H2,(H2,19,24)(H,20,23). The molecule has 7 nitrogen and oxygen atoms in total. The van der Waals surface area contributed by atoms with E-state index >= 15 is 0 Å². The van der Waals surface area contributed by atoms with Crippen LogP contribution in [0.15, 0.2) is 12.2 Å². The van der Waals surface area contributed by atoms with Gasteiger partial charge in [0.15, 0.2) is 5.78 Å². The third-order valence-electron chi connectivity index (χ3n) is 5.31. The number of amides is 2. The molecular weight excluding hydrogens is 322 g/mol. The maximum atomic E-state index is 12.6. The summed E-state index contributed by atoms with van der Waals surface area (Å²) in [4.78, 5) is 37.7. The summed E-state index contributed by atoms with van der Waals surface area (Å²) in [5.74, 6) is -0.162. The number of nitrogens with two attached hydrogens (primary N) is 1. The molecule has 1 saturated carbocycles. The molecule has 0 radical (unpaired) electrons. The zero-order valence-electron chi connectivity index (χ0n) is 14.5. The molecule has 2 aliphatic heterocycles. The Morgan fingerprint density at radius 1 is 1.20 bits per heavy atom. The summed E-state index contributed by atoms with van der Waals surface area (Å²) in [7, 11) is 0. The van der Waals surface area contributed by atoms with Crippen LogP contribution in [0.5, 0.6) is 0 Å². The van der Waals surface area contributed by atoms with Crippen LogP contribution in [0.1, 0.15) is 44.9 Å². The van der Waals surface area contributed by atoms with Crippen molar-refractivity contribution in [3.8, 4) is 0 Å². The van der Waals surface area contributed by atoms with E-state index in [0.717, 1.165) is 51.5 Å². The molecule has 2 fully saturated rings. The molecule has 0 bridgehead atoms. The molecule has 7 heteroatoms. The number of rotatable bonds is 1. The van der Waals surface area contributed by atoms with E-state index in [1.165, 1.54) is 0 Å². The quantitative estimate of drug-likeness (QED) is 0.691. The summed E-state index contributed by atoms with van der Waals surface area (Å²) in [6, 6.07) is -0.629. The van der Waals surface area contributed by atoms with Crippen LogP contribution in [0.25, 0.3) is 0 Å². The third kappa shape index (κ3) is 4.60. The molecule has 0 aromatic heterocycles. The van der Waals surface area contributed by atoms with Gasteiger partial charge in [-0.15, -0.1) is 0 Å². The predicted molar refractivity (Wildman–Crippen MR) is 91.7 cm³/mol. The maximum absolute atomic E-state index is 12.6. The number of carbonyl (C=O) groups excluding carboxylic acids is 3. The number of Topliss-reactive ketones (excluding diaryl/α,β-unsaturated/α-hetero) is 1. The van der Waals surface area contributed by atoms with E-state index in [2.05, 4.69) is 10.2 Å². The number of ether oxygens (including phenoxy) is 1. The van der Waals surface area contributed by atoms with Gasteiger partial charge in [-0.3, -0.25) is 14.5 Å². The molecule has 4 atom stereocenters. The first-order valence-corrected chi connectivity index (χ1v) is 9.27. The molecule has 2 amide bonds. The maximum Gasteiger partial charge on any atom is 0.404 e. The Morgan fingerprint density at radius 3 is 2.84 bits per heavy atom. The fraction of sp³-hybridized carbons (Fsp3) is 0.722. The summed E-state index contributed by atoms with van der Waals surface area (Å²) in [6.07, 6.45) is 9.27. The number of nitrogens with one attached hydrogen (secondary N) is 1. The van der Waals surface area contributed by atoms with E-state index in [4.69, 9.17) is 10.5 Å². The van der Waals surface area contributed by atoms with Crippen molar-refractivity contribution in [2.45, 2.75) is 63.1 Å². The highest BCUT2D eigenvalue weighted by Crippen LogP contribution is 2.29. The highest BCUT2D eigenvalue weighted by molar-refractivity contribution is 6.07. The van der Waals surface area contributed by atoms with Crippen LogP contribution in [0.3, 0.4) is 0 Å². The first-order chi connectivity index (χ1) is 12.1. The van der Waals surface area contributed by atoms with Crippen LogP contribution in [0, 0.1) is 5.92 Å². The van der Waals surface area contributed by atoms with Gasteiger partial charge in [-0.1, -0.05) is 18.6 Å². The van der Waals surface area contributed by atoms with E-state index in [9.17, 15) is 14.4 Å². The van der Waals surface area contributed by atoms with Crippen molar-refractivity contribution in [1.29, 1.82) is 0 Å². The van der Waals surface area contributed by atoms with Crippen LogP contribution in [0.2, 0.25) is 0 Å². The number of hydrogen-bond donors (Lipinski definition) is 2. The van der Waals surface area contributed by atoms with Crippen molar-refractivity contribution in [2.75, 3.05) is 13.1 Å². The summed E-state index contributed by atoms with van der Waals surface area (Å²) in [5.41, 5.74) is 5.20. The zero-order valence-corrected chi connectivity index (χ0v) is 14.5. The van der Waals surface area contributed by atoms with Gasteiger partial charge in [0.2, 0.25) is 5.91 Å². The highest BCUT2D eigenvalue weighted by Gasteiger charge is 2.49. The molecule has 138 valence electrons. The number of ketones is 1. The second kappa shape index (κ2) is 7.99. The predicted octanol–water partition coefficient (Wildman–Crippen LogP) is 1.12. The number of allylic oxidation sites excluding steroid dienone is 1. The molecule has 3 N–H and O–H groups in total. The average molecular weight is 349 g/mol. The van der Waals surface area contributed by atoms with E-state index < -0.39 is 6.09 Å². The minimum atomic E-state index is -0.766. The Labute approximate surface area is 147 Å². The van der Waals surface area contributed by atoms with Gasteiger partial charge < -0.3 is 15.8 Å². The van der Waals surface area contributed by atoms with E-state index in [0.29, 0.717) is 6.54 Å². The van der Waals surface area contributed by atoms with Crippen molar-refractivity contribution in [2.24, 2.45) is 11.7 Å². The summed E-state index contributed by atoms with van der Waals surface area (Å²) >= 11 is 0. The summed E-state index contributed by atoms with van der Waals surface area (Å²) in [5, 5.41) is 2.89. The Bertz CT molecular complexity index is 563. The lowest BCUT2D eigenvalue weighted by Gasteiger charge is -2.27. The largest absolute Gasteiger partial charge is 0.445 e. The Morgan fingerprint density at radius 2 is 2.04 bits per heavy atom. The smallest absolute Gasteiger partial charge is 0.404 e. The molecule has 0 aromatic rings. The van der Waals surface area contributed by atoms with Crippen LogP contribution in [-0.2, 0) is 14.3 Å². The molecule has 0 spiro atoms. The second-order valence-electron chi connectivity index (χ2n) is 7.19. The first-order valence-electron chi connectivity index (χ1n) is 9.27.